The number of rotatable bonds is 6. The van der Waals surface area contributed by atoms with Crippen molar-refractivity contribution in [2.24, 2.45) is 0 Å². The minimum absolute atomic E-state index is 0. The first kappa shape index (κ1) is 30.7. The van der Waals surface area contributed by atoms with E-state index in [1.165, 1.54) is 58.3 Å². The van der Waals surface area contributed by atoms with Gasteiger partial charge in [-0.2, -0.15) is 0 Å². The van der Waals surface area contributed by atoms with Crippen LogP contribution in [-0.4, -0.2) is 54.3 Å². The Kier molecular flexibility index (Phi) is 21.9. The average Bonchev–Trinajstić information content (AvgIpc) is 3.34. The fraction of sp³-hybridized carbons (Fsp3) is 0.591. The first-order valence-corrected chi connectivity index (χ1v) is 9.65. The van der Waals surface area contributed by atoms with Crippen LogP contribution in [0.2, 0.25) is 0 Å². The topological polar surface area (TPSA) is 83.2 Å². The maximum atomic E-state index is 12.0. The Hall–Kier alpha value is -0.541. The SMILES string of the molecule is O=C(CCCN1CCN(C2CCCCC2)CC1)[C]1[CH][CH][CH][CH]1.[99Tc+7].[C-]#[O+].[C-]#[O+].[C-]#[O+]. The van der Waals surface area contributed by atoms with Gasteiger partial charge in [-0.05, 0) is 51.5 Å². The predicted octanol–water partition coefficient (Wildman–Crippen LogP) is 2.58. The van der Waals surface area contributed by atoms with Crippen LogP contribution in [0.15, 0.2) is 0 Å². The fourth-order valence-electron chi connectivity index (χ4n) is 3.97. The zero-order valence-corrected chi connectivity index (χ0v) is 18.6. The van der Waals surface area contributed by atoms with Crippen LogP contribution in [0.1, 0.15) is 44.9 Å². The number of piperazine rings is 1. The molecule has 0 atom stereocenters. The number of ketones is 1. The fourth-order valence-corrected chi connectivity index (χ4v) is 3.97. The molecule has 3 rings (SSSR count). The van der Waals surface area contributed by atoms with Gasteiger partial charge in [-0.3, -0.25) is 9.69 Å². The van der Waals surface area contributed by atoms with Crippen molar-refractivity contribution >= 4 is 5.78 Å². The first-order chi connectivity index (χ1) is 13.8. The molecule has 7 heteroatoms. The molecule has 0 N–H and O–H groups in total. The Bertz CT molecular complexity index is 447. The molecular formula is C22H29N2O4Tc+7. The monoisotopic (exact) mass is 484 g/mol. The van der Waals surface area contributed by atoms with Crippen LogP contribution in [0, 0.1) is 51.6 Å². The summed E-state index contributed by atoms with van der Waals surface area (Å²) in [5.74, 6) is 1.17. The van der Waals surface area contributed by atoms with Crippen LogP contribution in [0.5, 0.6) is 0 Å². The van der Waals surface area contributed by atoms with Gasteiger partial charge in [0.15, 0.2) is 0 Å². The van der Waals surface area contributed by atoms with Crippen LogP contribution < -0.4 is 0 Å². The molecule has 3 fully saturated rings. The molecule has 1 heterocycles. The van der Waals surface area contributed by atoms with Crippen LogP contribution in [0.25, 0.3) is 0 Å². The summed E-state index contributed by atoms with van der Waals surface area (Å²) in [5.41, 5.74) is 0. The predicted molar refractivity (Wildman–Crippen MR) is 101 cm³/mol. The Morgan fingerprint density at radius 2 is 1.41 bits per heavy atom. The molecule has 3 aliphatic rings. The number of nitrogens with zero attached hydrogens (tertiary/aromatic N) is 2. The summed E-state index contributed by atoms with van der Waals surface area (Å²) in [5, 5.41) is 0. The standard InChI is InChI=1S/C19H29N2O.3CO.Tc/c22-19(17-7-4-5-8-17)11-6-12-20-13-15-21(16-14-20)18-9-2-1-3-10-18;3*1-2;/h4-5,7-8,18H,1-3,6,9-16H2;;;;/q;;;;+7/i;;;;1+1. The van der Waals surface area contributed by atoms with Gasteiger partial charge in [0.1, 0.15) is 5.78 Å². The Morgan fingerprint density at radius 1 is 0.897 bits per heavy atom. The molecule has 29 heavy (non-hydrogen) atoms. The van der Waals surface area contributed by atoms with Gasteiger partial charge in [0.05, 0.1) is 0 Å². The molecule has 2 saturated carbocycles. The van der Waals surface area contributed by atoms with E-state index in [1.807, 2.05) is 25.7 Å². The van der Waals surface area contributed by atoms with Gasteiger partial charge < -0.3 is 4.90 Å². The molecule has 1 saturated heterocycles. The third kappa shape index (κ3) is 12.0. The van der Waals surface area contributed by atoms with Crippen molar-refractivity contribution in [3.8, 4) is 0 Å². The summed E-state index contributed by atoms with van der Waals surface area (Å²) in [6, 6.07) is 0.856. The number of carbonyl (C=O) groups excluding carboxylic acids is 1. The summed E-state index contributed by atoms with van der Waals surface area (Å²) >= 11 is 0. The van der Waals surface area contributed by atoms with E-state index in [4.69, 9.17) is 14.0 Å². The van der Waals surface area contributed by atoms with Crippen LogP contribution >= 0.6 is 0 Å². The number of Topliss-reactive ketones (excluding diaryl/α,β-unsaturated/α-hetero) is 1. The third-order valence-electron chi connectivity index (χ3n) is 5.36. The molecule has 0 aromatic carbocycles. The van der Waals surface area contributed by atoms with E-state index in [-0.39, 0.29) is 20.1 Å². The minimum atomic E-state index is 0. The molecule has 0 spiro atoms. The summed E-state index contributed by atoms with van der Waals surface area (Å²) in [6.07, 6.45) is 16.5. The van der Waals surface area contributed by atoms with Crippen molar-refractivity contribution in [1.29, 1.82) is 0 Å². The van der Waals surface area contributed by atoms with Crippen molar-refractivity contribution < 1.29 is 38.9 Å². The van der Waals surface area contributed by atoms with Crippen molar-refractivity contribution in [2.45, 2.75) is 51.0 Å². The van der Waals surface area contributed by atoms with Gasteiger partial charge in [0.25, 0.3) is 0 Å². The normalized spacial score (nSPS) is 20.3. The molecule has 0 unspecified atom stereocenters. The molecule has 6 nitrogen and oxygen atoms in total. The second-order valence-corrected chi connectivity index (χ2v) is 6.87. The van der Waals surface area contributed by atoms with Crippen LogP contribution in [0.3, 0.4) is 0 Å². The second-order valence-electron chi connectivity index (χ2n) is 6.87. The summed E-state index contributed by atoms with van der Waals surface area (Å²) in [4.78, 5) is 17.2. The molecule has 5 radical (unpaired) electrons. The van der Waals surface area contributed by atoms with E-state index in [0.29, 0.717) is 12.2 Å². The van der Waals surface area contributed by atoms with E-state index in [9.17, 15) is 4.79 Å². The molecule has 0 aromatic heterocycles. The maximum absolute atomic E-state index is 12.0. The second kappa shape index (κ2) is 20.7. The van der Waals surface area contributed by atoms with E-state index in [1.54, 1.807) is 0 Å². The molecule has 0 bridgehead atoms. The molecule has 151 valence electrons. The Balaban J connectivity index is 0. The van der Waals surface area contributed by atoms with Gasteiger partial charge in [0, 0.05) is 44.6 Å². The third-order valence-corrected chi connectivity index (χ3v) is 5.36. The summed E-state index contributed by atoms with van der Waals surface area (Å²) in [7, 11) is 0. The molecule has 1 aliphatic heterocycles. The van der Waals surface area contributed by atoms with Crippen molar-refractivity contribution in [1.82, 2.24) is 9.80 Å². The van der Waals surface area contributed by atoms with E-state index in [0.717, 1.165) is 24.9 Å². The van der Waals surface area contributed by atoms with Crippen LogP contribution in [0.4, 0.5) is 0 Å². The zero-order valence-electron chi connectivity index (χ0n) is 16.8. The molecule has 0 amide bonds. The Labute approximate surface area is 189 Å². The van der Waals surface area contributed by atoms with Gasteiger partial charge in [-0.15, -0.1) is 0 Å². The van der Waals surface area contributed by atoms with Gasteiger partial charge in [0.2, 0.25) is 0 Å². The summed E-state index contributed by atoms with van der Waals surface area (Å²) < 4.78 is 22.5. The van der Waals surface area contributed by atoms with Gasteiger partial charge in [-0.1, -0.05) is 19.3 Å². The van der Waals surface area contributed by atoms with E-state index >= 15 is 0 Å². The van der Waals surface area contributed by atoms with E-state index < -0.39 is 0 Å². The van der Waals surface area contributed by atoms with Crippen LogP contribution in [-0.2, 0) is 38.9 Å². The molecule has 2 aliphatic carbocycles. The van der Waals surface area contributed by atoms with Gasteiger partial charge in [-0.25, -0.2) is 0 Å². The zero-order chi connectivity index (χ0) is 21.2. The van der Waals surface area contributed by atoms with Crippen molar-refractivity contribution in [3.05, 3.63) is 51.6 Å². The number of hydrogen-bond acceptors (Lipinski definition) is 3. The number of carbonyl (C=O) groups is 1. The quantitative estimate of drug-likeness (QED) is 0.429. The molecular weight excluding hydrogens is 455 g/mol. The number of hydrogen-bond donors (Lipinski definition) is 0. The van der Waals surface area contributed by atoms with Crippen molar-refractivity contribution in [2.75, 3.05) is 32.7 Å². The molecule has 0 aromatic rings. The van der Waals surface area contributed by atoms with Crippen molar-refractivity contribution in [3.63, 3.8) is 0 Å². The Morgan fingerprint density at radius 3 is 1.93 bits per heavy atom. The van der Waals surface area contributed by atoms with E-state index in [2.05, 4.69) is 29.8 Å². The first-order valence-electron chi connectivity index (χ1n) is 9.65. The summed E-state index contributed by atoms with van der Waals surface area (Å²) in [6.45, 7) is 19.4. The average molecular weight is 484 g/mol. The van der Waals surface area contributed by atoms with Gasteiger partial charge >= 0.3 is 54.0 Å².